The van der Waals surface area contributed by atoms with Crippen LogP contribution in [0.25, 0.3) is 0 Å². The Bertz CT molecular complexity index is 551. The van der Waals surface area contributed by atoms with Crippen LogP contribution in [-0.4, -0.2) is 47.7 Å². The first kappa shape index (κ1) is 14.3. The van der Waals surface area contributed by atoms with Gasteiger partial charge in [0.05, 0.1) is 11.3 Å². The zero-order chi connectivity index (χ0) is 11.9. The number of nitrogens with one attached hydrogen (secondary N) is 1. The summed E-state index contributed by atoms with van der Waals surface area (Å²) in [6.45, 7) is 3.32. The van der Waals surface area contributed by atoms with Gasteiger partial charge in [0.2, 0.25) is 0 Å². The topological polar surface area (TPSA) is 66.5 Å². The van der Waals surface area contributed by atoms with E-state index < -0.39 is 22.2 Å². The zero-order valence-corrected chi connectivity index (χ0v) is 11.9. The predicted octanol–water partition coefficient (Wildman–Crippen LogP) is 1.05. The summed E-state index contributed by atoms with van der Waals surface area (Å²) in [6.07, 6.45) is 0. The summed E-state index contributed by atoms with van der Waals surface area (Å²) in [6, 6.07) is 6.16. The summed E-state index contributed by atoms with van der Waals surface area (Å²) in [4.78, 5) is 12.0. The molecular weight excluding hydrogens is 252 g/mol. The zero-order valence-electron chi connectivity index (χ0n) is 11.7. The second-order valence-electron chi connectivity index (χ2n) is 3.85. The minimum absolute atomic E-state index is 0. The molecule has 0 saturated carbocycles. The Kier molecular flexibility index (Phi) is 4.05. The van der Waals surface area contributed by atoms with Gasteiger partial charge in [-0.3, -0.25) is 9.52 Å². The summed E-state index contributed by atoms with van der Waals surface area (Å²) >= 11 is 0. The molecule has 0 aliphatic carbocycles. The van der Waals surface area contributed by atoms with E-state index in [1.54, 1.807) is 38.1 Å². The molecule has 0 spiro atoms. The van der Waals surface area contributed by atoms with Gasteiger partial charge in [0, 0.05) is 6.04 Å². The van der Waals surface area contributed by atoms with Gasteiger partial charge in [-0.15, -0.1) is 0 Å². The standard InChI is InChI=1S/C10H12N2O3S.Mg.2H/c1-7(2)12-10(13)8-5-3-4-6-9(8)11-16(12,14)15;;;/h3-7,11H,1-2H3;;;/q;+2;2*-1. The Morgan fingerprint density at radius 3 is 2.47 bits per heavy atom. The van der Waals surface area contributed by atoms with E-state index in [1.807, 2.05) is 0 Å². The normalized spacial score (nSPS) is 17.1. The fraction of sp³-hybridized carbons (Fsp3) is 0.300. The van der Waals surface area contributed by atoms with Crippen molar-refractivity contribution in [2.24, 2.45) is 0 Å². The molecule has 0 unspecified atom stereocenters. The Balaban J connectivity index is 0. The van der Waals surface area contributed by atoms with Crippen molar-refractivity contribution in [1.29, 1.82) is 0 Å². The van der Waals surface area contributed by atoms with E-state index in [1.165, 1.54) is 0 Å². The number of carbonyl (C=O) groups is 1. The molecule has 17 heavy (non-hydrogen) atoms. The molecule has 0 saturated heterocycles. The molecule has 1 aliphatic heterocycles. The molecule has 1 aromatic rings. The van der Waals surface area contributed by atoms with Crippen molar-refractivity contribution in [3.8, 4) is 0 Å². The molecule has 1 aliphatic rings. The molecule has 7 heteroatoms. The van der Waals surface area contributed by atoms with Crippen molar-refractivity contribution in [3.05, 3.63) is 29.8 Å². The van der Waals surface area contributed by atoms with Gasteiger partial charge in [-0.05, 0) is 26.0 Å². The molecule has 0 radical (unpaired) electrons. The molecule has 1 amide bonds. The van der Waals surface area contributed by atoms with Crippen LogP contribution >= 0.6 is 0 Å². The monoisotopic (exact) mass is 266 g/mol. The number of para-hydroxylation sites is 1. The summed E-state index contributed by atoms with van der Waals surface area (Å²) in [5.74, 6) is -0.482. The van der Waals surface area contributed by atoms with Crippen molar-refractivity contribution in [1.82, 2.24) is 4.31 Å². The van der Waals surface area contributed by atoms with Crippen LogP contribution in [0.2, 0.25) is 0 Å². The maximum atomic E-state index is 12.0. The maximum absolute atomic E-state index is 12.0. The van der Waals surface area contributed by atoms with Gasteiger partial charge >= 0.3 is 33.3 Å². The molecule has 0 atom stereocenters. The summed E-state index contributed by atoms with van der Waals surface area (Å²) < 4.78 is 26.8. The molecule has 5 nitrogen and oxygen atoms in total. The molecule has 1 heterocycles. The van der Waals surface area contributed by atoms with E-state index in [9.17, 15) is 13.2 Å². The summed E-state index contributed by atoms with van der Waals surface area (Å²) in [5.41, 5.74) is 0.718. The van der Waals surface area contributed by atoms with E-state index in [4.69, 9.17) is 0 Å². The third kappa shape index (κ3) is 2.41. The number of rotatable bonds is 1. The largest absolute Gasteiger partial charge is 2.00 e. The van der Waals surface area contributed by atoms with Crippen LogP contribution in [0.5, 0.6) is 0 Å². The van der Waals surface area contributed by atoms with Gasteiger partial charge in [-0.25, -0.2) is 4.31 Å². The van der Waals surface area contributed by atoms with Gasteiger partial charge in [-0.1, -0.05) is 12.1 Å². The van der Waals surface area contributed by atoms with Gasteiger partial charge in [0.1, 0.15) is 0 Å². The van der Waals surface area contributed by atoms with E-state index in [0.717, 1.165) is 4.31 Å². The van der Waals surface area contributed by atoms with Crippen LogP contribution in [0.4, 0.5) is 5.69 Å². The van der Waals surface area contributed by atoms with Gasteiger partial charge in [0.25, 0.3) is 5.91 Å². The smallest absolute Gasteiger partial charge is 1.00 e. The first-order valence-electron chi connectivity index (χ1n) is 4.89. The number of fused-ring (bicyclic) bond motifs is 1. The van der Waals surface area contributed by atoms with Crippen molar-refractivity contribution in [3.63, 3.8) is 0 Å². The quantitative estimate of drug-likeness (QED) is 0.773. The van der Waals surface area contributed by atoms with Crippen LogP contribution in [0.15, 0.2) is 24.3 Å². The summed E-state index contributed by atoms with van der Waals surface area (Å²) in [7, 11) is -3.75. The van der Waals surface area contributed by atoms with Crippen LogP contribution in [0.1, 0.15) is 27.1 Å². The fourth-order valence-corrected chi connectivity index (χ4v) is 3.11. The number of amides is 1. The second-order valence-corrected chi connectivity index (χ2v) is 5.40. The average Bonchev–Trinajstić information content (AvgIpc) is 2.15. The SMILES string of the molecule is CC(C)N1C(=O)c2ccccc2NS1(=O)=O.[H-].[H-].[Mg+2]. The van der Waals surface area contributed by atoms with E-state index in [-0.39, 0.29) is 25.9 Å². The van der Waals surface area contributed by atoms with Gasteiger partial charge in [-0.2, -0.15) is 8.42 Å². The first-order chi connectivity index (χ1) is 7.43. The summed E-state index contributed by atoms with van der Waals surface area (Å²) in [5, 5.41) is 0. The van der Waals surface area contributed by atoms with Gasteiger partial charge < -0.3 is 2.85 Å². The number of carbonyl (C=O) groups excluding carboxylic acids is 1. The van der Waals surface area contributed by atoms with E-state index in [0.29, 0.717) is 11.3 Å². The van der Waals surface area contributed by atoms with Crippen LogP contribution in [0, 0.1) is 0 Å². The van der Waals surface area contributed by atoms with Crippen molar-refractivity contribution in [2.45, 2.75) is 19.9 Å². The second kappa shape index (κ2) is 4.83. The molecule has 1 N–H and O–H groups in total. The Hall–Kier alpha value is -0.794. The fourth-order valence-electron chi connectivity index (χ4n) is 1.69. The molecule has 2 rings (SSSR count). The first-order valence-corrected chi connectivity index (χ1v) is 6.33. The number of benzene rings is 1. The number of hydrogen-bond acceptors (Lipinski definition) is 3. The minimum Gasteiger partial charge on any atom is -1.00 e. The molecule has 0 fully saturated rings. The number of nitrogens with zero attached hydrogens (tertiary/aromatic N) is 1. The van der Waals surface area contributed by atoms with E-state index >= 15 is 0 Å². The Labute approximate surface area is 119 Å². The maximum Gasteiger partial charge on any atom is 2.00 e. The molecule has 1 aromatic carbocycles. The van der Waals surface area contributed by atoms with Crippen LogP contribution < -0.4 is 4.72 Å². The molecule has 0 aromatic heterocycles. The minimum atomic E-state index is -3.75. The van der Waals surface area contributed by atoms with Crippen LogP contribution in [0.3, 0.4) is 0 Å². The third-order valence-electron chi connectivity index (χ3n) is 2.32. The number of anilines is 1. The van der Waals surface area contributed by atoms with Crippen molar-refractivity contribution in [2.75, 3.05) is 4.72 Å². The predicted molar refractivity (Wildman–Crippen MR) is 68.3 cm³/mol. The van der Waals surface area contributed by atoms with Gasteiger partial charge in [0.15, 0.2) is 0 Å². The van der Waals surface area contributed by atoms with Crippen molar-refractivity contribution >= 4 is 44.9 Å². The molecular formula is C10H14MgN2O3S. The Morgan fingerprint density at radius 1 is 1.29 bits per heavy atom. The third-order valence-corrected chi connectivity index (χ3v) is 3.91. The average molecular weight is 267 g/mol. The Morgan fingerprint density at radius 2 is 1.88 bits per heavy atom. The number of hydrogen-bond donors (Lipinski definition) is 1. The van der Waals surface area contributed by atoms with Crippen molar-refractivity contribution < 1.29 is 16.1 Å². The molecule has 0 bridgehead atoms. The van der Waals surface area contributed by atoms with E-state index in [2.05, 4.69) is 4.72 Å². The van der Waals surface area contributed by atoms with Crippen LogP contribution in [-0.2, 0) is 10.2 Å². The molecule has 90 valence electrons.